The SMILES string of the molecule is CCCNCc1ccc(S(=O)(=O)NC2CCCC2)cc1Cl. The van der Waals surface area contributed by atoms with Crippen LogP contribution in [0.2, 0.25) is 5.02 Å². The van der Waals surface area contributed by atoms with E-state index in [9.17, 15) is 8.42 Å². The number of benzene rings is 1. The molecule has 1 aromatic rings. The molecule has 1 fully saturated rings. The molecule has 0 unspecified atom stereocenters. The molecular weight excluding hydrogens is 308 g/mol. The van der Waals surface area contributed by atoms with Crippen LogP contribution in [0.25, 0.3) is 0 Å². The minimum Gasteiger partial charge on any atom is -0.313 e. The maximum Gasteiger partial charge on any atom is 0.240 e. The van der Waals surface area contributed by atoms with Crippen molar-refractivity contribution in [2.75, 3.05) is 6.54 Å². The molecule has 2 rings (SSSR count). The Morgan fingerprint density at radius 1 is 1.29 bits per heavy atom. The number of nitrogens with one attached hydrogen (secondary N) is 2. The third-order valence-electron chi connectivity index (χ3n) is 3.75. The molecule has 6 heteroatoms. The van der Waals surface area contributed by atoms with Crippen molar-refractivity contribution in [3.63, 3.8) is 0 Å². The van der Waals surface area contributed by atoms with Gasteiger partial charge >= 0.3 is 0 Å². The Morgan fingerprint density at radius 2 is 2.00 bits per heavy atom. The van der Waals surface area contributed by atoms with Crippen molar-refractivity contribution in [2.45, 2.75) is 56.5 Å². The summed E-state index contributed by atoms with van der Waals surface area (Å²) in [4.78, 5) is 0.249. The average Bonchev–Trinajstić information content (AvgIpc) is 2.93. The van der Waals surface area contributed by atoms with Gasteiger partial charge in [-0.3, -0.25) is 0 Å². The smallest absolute Gasteiger partial charge is 0.240 e. The summed E-state index contributed by atoms with van der Waals surface area (Å²) < 4.78 is 27.4. The van der Waals surface area contributed by atoms with Crippen molar-refractivity contribution >= 4 is 21.6 Å². The second-order valence-corrected chi connectivity index (χ2v) is 7.65. The van der Waals surface area contributed by atoms with Gasteiger partial charge in [-0.25, -0.2) is 13.1 Å². The second kappa shape index (κ2) is 7.58. The Balaban J connectivity index is 2.07. The molecular formula is C15H23ClN2O2S. The van der Waals surface area contributed by atoms with Crippen LogP contribution in [0, 0.1) is 0 Å². The quantitative estimate of drug-likeness (QED) is 0.755. The van der Waals surface area contributed by atoms with Crippen molar-refractivity contribution in [3.8, 4) is 0 Å². The van der Waals surface area contributed by atoms with Crippen LogP contribution in [0.3, 0.4) is 0 Å². The minimum absolute atomic E-state index is 0.0691. The maximum atomic E-state index is 12.3. The predicted octanol–water partition coefficient (Wildman–Crippen LogP) is 3.06. The van der Waals surface area contributed by atoms with Gasteiger partial charge in [0.15, 0.2) is 0 Å². The van der Waals surface area contributed by atoms with Crippen molar-refractivity contribution in [2.24, 2.45) is 0 Å². The first-order chi connectivity index (χ1) is 10.0. The molecule has 21 heavy (non-hydrogen) atoms. The second-order valence-electron chi connectivity index (χ2n) is 5.53. The van der Waals surface area contributed by atoms with E-state index in [1.807, 2.05) is 0 Å². The van der Waals surface area contributed by atoms with Crippen LogP contribution in [0.15, 0.2) is 23.1 Å². The van der Waals surface area contributed by atoms with Crippen molar-refractivity contribution < 1.29 is 8.42 Å². The lowest BCUT2D eigenvalue weighted by Crippen LogP contribution is -2.32. The standard InChI is InChI=1S/C15H23ClN2O2S/c1-2-9-17-11-12-7-8-14(10-15(12)16)21(19,20)18-13-5-3-4-6-13/h7-8,10,13,17-18H,2-6,9,11H2,1H3. The summed E-state index contributed by atoms with van der Waals surface area (Å²) in [7, 11) is -3.46. The number of rotatable bonds is 7. The van der Waals surface area contributed by atoms with Crippen molar-refractivity contribution in [1.29, 1.82) is 0 Å². The van der Waals surface area contributed by atoms with Crippen LogP contribution in [0.5, 0.6) is 0 Å². The third kappa shape index (κ3) is 4.68. The Bertz CT molecular complexity index is 569. The fraction of sp³-hybridized carbons (Fsp3) is 0.600. The van der Waals surface area contributed by atoms with Gasteiger partial charge < -0.3 is 5.32 Å². The lowest BCUT2D eigenvalue weighted by Gasteiger charge is -2.13. The van der Waals surface area contributed by atoms with E-state index >= 15 is 0 Å². The summed E-state index contributed by atoms with van der Waals surface area (Å²) in [5.41, 5.74) is 0.921. The molecule has 1 saturated carbocycles. The van der Waals surface area contributed by atoms with E-state index in [1.54, 1.807) is 18.2 Å². The maximum absolute atomic E-state index is 12.3. The first-order valence-electron chi connectivity index (χ1n) is 7.54. The highest BCUT2D eigenvalue weighted by Gasteiger charge is 2.23. The van der Waals surface area contributed by atoms with Crippen LogP contribution in [0.4, 0.5) is 0 Å². The zero-order chi connectivity index (χ0) is 15.3. The average molecular weight is 331 g/mol. The zero-order valence-corrected chi connectivity index (χ0v) is 13.9. The fourth-order valence-corrected chi connectivity index (χ4v) is 4.21. The molecule has 1 aliphatic rings. The molecule has 2 N–H and O–H groups in total. The number of sulfonamides is 1. The summed E-state index contributed by atoms with van der Waals surface area (Å²) in [5.74, 6) is 0. The number of halogens is 1. The van der Waals surface area contributed by atoms with Gasteiger partial charge in [0.2, 0.25) is 10.0 Å². The Morgan fingerprint density at radius 3 is 2.62 bits per heavy atom. The van der Waals surface area contributed by atoms with E-state index in [0.717, 1.165) is 44.2 Å². The van der Waals surface area contributed by atoms with Gasteiger partial charge in [0.1, 0.15) is 0 Å². The Kier molecular flexibility index (Phi) is 6.05. The highest BCUT2D eigenvalue weighted by Crippen LogP contribution is 2.23. The van der Waals surface area contributed by atoms with E-state index in [-0.39, 0.29) is 10.9 Å². The molecule has 0 amide bonds. The van der Waals surface area contributed by atoms with Gasteiger partial charge in [-0.15, -0.1) is 0 Å². The first-order valence-corrected chi connectivity index (χ1v) is 9.40. The van der Waals surface area contributed by atoms with E-state index in [2.05, 4.69) is 17.0 Å². The largest absolute Gasteiger partial charge is 0.313 e. The molecule has 0 aliphatic heterocycles. The molecule has 1 aliphatic carbocycles. The highest BCUT2D eigenvalue weighted by atomic mass is 35.5. The molecule has 0 aromatic heterocycles. The van der Waals surface area contributed by atoms with Crippen LogP contribution in [0.1, 0.15) is 44.6 Å². The lowest BCUT2D eigenvalue weighted by atomic mass is 10.2. The van der Waals surface area contributed by atoms with E-state index < -0.39 is 10.0 Å². The monoisotopic (exact) mass is 330 g/mol. The van der Waals surface area contributed by atoms with Crippen LogP contribution < -0.4 is 10.0 Å². The van der Waals surface area contributed by atoms with Gasteiger partial charge in [-0.05, 0) is 43.5 Å². The first kappa shape index (κ1) is 16.7. The summed E-state index contributed by atoms with van der Waals surface area (Å²) in [6.07, 6.45) is 5.08. The topological polar surface area (TPSA) is 58.2 Å². The fourth-order valence-electron chi connectivity index (χ4n) is 2.57. The molecule has 0 spiro atoms. The van der Waals surface area contributed by atoms with E-state index in [0.29, 0.717) is 11.6 Å². The lowest BCUT2D eigenvalue weighted by molar-refractivity contribution is 0.552. The summed E-state index contributed by atoms with van der Waals surface area (Å²) in [6.45, 7) is 3.67. The van der Waals surface area contributed by atoms with Gasteiger partial charge in [0, 0.05) is 17.6 Å². The Labute approximate surface area is 132 Å². The predicted molar refractivity (Wildman–Crippen MR) is 86.0 cm³/mol. The summed E-state index contributed by atoms with van der Waals surface area (Å²) >= 11 is 6.20. The normalized spacial score (nSPS) is 16.5. The van der Waals surface area contributed by atoms with Crippen LogP contribution >= 0.6 is 11.6 Å². The molecule has 0 atom stereocenters. The summed E-state index contributed by atoms with van der Waals surface area (Å²) in [5, 5.41) is 3.75. The highest BCUT2D eigenvalue weighted by molar-refractivity contribution is 7.89. The Hall–Kier alpha value is -0.620. The van der Waals surface area contributed by atoms with E-state index in [4.69, 9.17) is 11.6 Å². The molecule has 4 nitrogen and oxygen atoms in total. The zero-order valence-electron chi connectivity index (χ0n) is 12.4. The van der Waals surface area contributed by atoms with Gasteiger partial charge in [-0.1, -0.05) is 37.4 Å². The molecule has 118 valence electrons. The van der Waals surface area contributed by atoms with E-state index in [1.165, 1.54) is 0 Å². The minimum atomic E-state index is -3.46. The molecule has 0 saturated heterocycles. The molecule has 0 bridgehead atoms. The van der Waals surface area contributed by atoms with Crippen molar-refractivity contribution in [3.05, 3.63) is 28.8 Å². The summed E-state index contributed by atoms with van der Waals surface area (Å²) in [6, 6.07) is 5.03. The van der Waals surface area contributed by atoms with Gasteiger partial charge in [0.25, 0.3) is 0 Å². The number of hydrogen-bond acceptors (Lipinski definition) is 3. The molecule has 0 radical (unpaired) electrons. The van der Waals surface area contributed by atoms with Gasteiger partial charge in [0.05, 0.1) is 4.90 Å². The van der Waals surface area contributed by atoms with Crippen molar-refractivity contribution in [1.82, 2.24) is 10.0 Å². The van der Waals surface area contributed by atoms with Crippen LogP contribution in [-0.4, -0.2) is 21.0 Å². The third-order valence-corrected chi connectivity index (χ3v) is 5.62. The number of hydrogen-bond donors (Lipinski definition) is 2. The molecule has 0 heterocycles. The van der Waals surface area contributed by atoms with Gasteiger partial charge in [-0.2, -0.15) is 0 Å². The van der Waals surface area contributed by atoms with Crippen LogP contribution in [-0.2, 0) is 16.6 Å². The molecule has 1 aromatic carbocycles.